The Morgan fingerprint density at radius 2 is 2.36 bits per heavy atom. The number of hydrogen-bond donors (Lipinski definition) is 4. The summed E-state index contributed by atoms with van der Waals surface area (Å²) in [5.74, 6) is -0.648. The fourth-order valence-corrected chi connectivity index (χ4v) is 0.565. The Morgan fingerprint density at radius 1 is 1.73 bits per heavy atom. The topological polar surface area (TPSA) is 122 Å². The lowest BCUT2D eigenvalue weighted by atomic mass is 10.9. The molecule has 0 aliphatic heterocycles. The molecule has 0 fully saturated rings. The summed E-state index contributed by atoms with van der Waals surface area (Å²) in [5, 5.41) is 12.2. The molecule has 0 radical (unpaired) electrons. The Balaban J connectivity index is 3.22. The van der Waals surface area contributed by atoms with Gasteiger partial charge in [-0.2, -0.15) is 0 Å². The molecule has 0 saturated heterocycles. The van der Waals surface area contributed by atoms with Gasteiger partial charge in [-0.15, -0.1) is 9.78 Å². The Kier molecular flexibility index (Phi) is 1.55. The molecule has 60 valence electrons. The average Bonchev–Trinajstić information content (AvgIpc) is 2.18. The number of aromatic amines is 1. The molecule has 0 atom stereocenters. The maximum Gasteiger partial charge on any atom is 0.349 e. The molecule has 0 amide bonds. The van der Waals surface area contributed by atoms with Crippen molar-refractivity contribution in [3.05, 3.63) is 16.7 Å². The minimum absolute atomic E-state index is 0.304. The summed E-state index contributed by atoms with van der Waals surface area (Å²) < 4.78 is 0.648. The third kappa shape index (κ3) is 1.31. The molecule has 11 heavy (non-hydrogen) atoms. The van der Waals surface area contributed by atoms with Crippen LogP contribution in [-0.2, 0) is 0 Å². The molecule has 0 aromatic carbocycles. The van der Waals surface area contributed by atoms with Crippen LogP contribution in [0.2, 0.25) is 0 Å². The second-order valence-electron chi connectivity index (χ2n) is 1.79. The number of imidazole rings is 1. The lowest BCUT2D eigenvalue weighted by molar-refractivity contribution is 0.427. The van der Waals surface area contributed by atoms with Gasteiger partial charge in [0.25, 0.3) is 0 Å². The number of H-pyrrole nitrogens is 1. The van der Waals surface area contributed by atoms with Gasteiger partial charge in [0, 0.05) is 0 Å². The fraction of sp³-hybridized carbons (Fsp3) is 0. The second-order valence-corrected chi connectivity index (χ2v) is 1.79. The standard InChI is InChI=1S/C4H7N5O2/c5-3(6)8-9-2(10)1-7-4(9)11/h1,10H,(H,7,11)(H4,5,6,8). The van der Waals surface area contributed by atoms with Crippen molar-refractivity contribution < 1.29 is 5.11 Å². The molecular weight excluding hydrogens is 150 g/mol. The van der Waals surface area contributed by atoms with E-state index in [0.717, 1.165) is 6.20 Å². The van der Waals surface area contributed by atoms with Crippen LogP contribution in [0.25, 0.3) is 0 Å². The molecule has 0 unspecified atom stereocenters. The highest BCUT2D eigenvalue weighted by molar-refractivity contribution is 5.75. The Labute approximate surface area is 60.9 Å². The van der Waals surface area contributed by atoms with E-state index in [4.69, 9.17) is 16.6 Å². The van der Waals surface area contributed by atoms with Crippen molar-refractivity contribution in [3.8, 4) is 5.88 Å². The second kappa shape index (κ2) is 2.37. The predicted octanol–water partition coefficient (Wildman–Crippen LogP) is -2.08. The van der Waals surface area contributed by atoms with Crippen molar-refractivity contribution in [1.82, 2.24) is 9.66 Å². The molecule has 0 aliphatic rings. The van der Waals surface area contributed by atoms with Crippen molar-refractivity contribution in [3.63, 3.8) is 0 Å². The molecule has 7 nitrogen and oxygen atoms in total. The smallest absolute Gasteiger partial charge is 0.349 e. The van der Waals surface area contributed by atoms with Crippen molar-refractivity contribution in [1.29, 1.82) is 0 Å². The average molecular weight is 157 g/mol. The highest BCUT2D eigenvalue weighted by atomic mass is 16.3. The number of rotatable bonds is 1. The number of aromatic nitrogens is 2. The van der Waals surface area contributed by atoms with Gasteiger partial charge < -0.3 is 21.6 Å². The zero-order valence-corrected chi connectivity index (χ0v) is 5.48. The van der Waals surface area contributed by atoms with Gasteiger partial charge in [-0.1, -0.05) is 0 Å². The van der Waals surface area contributed by atoms with E-state index in [1.807, 2.05) is 0 Å². The molecule has 1 aromatic rings. The van der Waals surface area contributed by atoms with E-state index < -0.39 is 5.69 Å². The summed E-state index contributed by atoms with van der Waals surface area (Å²) in [5.41, 5.74) is 9.33. The van der Waals surface area contributed by atoms with E-state index in [1.165, 1.54) is 0 Å². The summed E-state index contributed by atoms with van der Waals surface area (Å²) in [6, 6.07) is 0. The van der Waals surface area contributed by atoms with E-state index in [2.05, 4.69) is 10.1 Å². The minimum atomic E-state index is -0.601. The Morgan fingerprint density at radius 3 is 2.73 bits per heavy atom. The molecule has 6 N–H and O–H groups in total. The van der Waals surface area contributed by atoms with Crippen LogP contribution in [0, 0.1) is 0 Å². The number of guanidine groups is 1. The largest absolute Gasteiger partial charge is 0.492 e. The summed E-state index contributed by atoms with van der Waals surface area (Å²) in [6.07, 6.45) is 1.08. The first-order chi connectivity index (χ1) is 5.11. The van der Waals surface area contributed by atoms with E-state index in [9.17, 15) is 4.79 Å². The summed E-state index contributed by atoms with van der Waals surface area (Å²) in [4.78, 5) is 12.9. The third-order valence-electron chi connectivity index (χ3n) is 0.950. The van der Waals surface area contributed by atoms with Gasteiger partial charge in [-0.3, -0.25) is 0 Å². The molecule has 1 aromatic heterocycles. The monoisotopic (exact) mass is 157 g/mol. The minimum Gasteiger partial charge on any atom is -0.492 e. The Hall–Kier alpha value is -1.92. The van der Waals surface area contributed by atoms with Crippen LogP contribution in [0.4, 0.5) is 0 Å². The lowest BCUT2D eigenvalue weighted by Gasteiger charge is -1.92. The normalized spacial score (nSPS) is 9.45. The van der Waals surface area contributed by atoms with Gasteiger partial charge in [0.15, 0.2) is 0 Å². The number of aromatic hydroxyl groups is 1. The number of hydrogen-bond acceptors (Lipinski definition) is 3. The van der Waals surface area contributed by atoms with Gasteiger partial charge in [-0.05, 0) is 0 Å². The van der Waals surface area contributed by atoms with Crippen LogP contribution < -0.4 is 17.2 Å². The van der Waals surface area contributed by atoms with Crippen molar-refractivity contribution in [2.75, 3.05) is 0 Å². The van der Waals surface area contributed by atoms with Crippen molar-refractivity contribution in [2.24, 2.45) is 16.6 Å². The quantitative estimate of drug-likeness (QED) is 0.276. The summed E-state index contributed by atoms with van der Waals surface area (Å²) in [7, 11) is 0. The van der Waals surface area contributed by atoms with Gasteiger partial charge >= 0.3 is 5.69 Å². The van der Waals surface area contributed by atoms with Crippen LogP contribution in [0.5, 0.6) is 5.88 Å². The van der Waals surface area contributed by atoms with Crippen LogP contribution in [0.15, 0.2) is 16.1 Å². The lowest BCUT2D eigenvalue weighted by Crippen LogP contribution is -2.26. The zero-order chi connectivity index (χ0) is 8.43. The van der Waals surface area contributed by atoms with Gasteiger partial charge in [0.05, 0.1) is 6.20 Å². The fourth-order valence-electron chi connectivity index (χ4n) is 0.565. The summed E-state index contributed by atoms with van der Waals surface area (Å²) >= 11 is 0. The van der Waals surface area contributed by atoms with E-state index in [1.54, 1.807) is 0 Å². The SMILES string of the molecule is NC(N)=Nn1c(O)c[nH]c1=O. The molecule has 0 aliphatic carbocycles. The first-order valence-corrected chi connectivity index (χ1v) is 2.70. The van der Waals surface area contributed by atoms with Gasteiger partial charge in [0.1, 0.15) is 0 Å². The maximum absolute atomic E-state index is 10.7. The van der Waals surface area contributed by atoms with Crippen molar-refractivity contribution in [2.45, 2.75) is 0 Å². The van der Waals surface area contributed by atoms with Crippen LogP contribution in [0.3, 0.4) is 0 Å². The molecular formula is C4H7N5O2. The van der Waals surface area contributed by atoms with Crippen LogP contribution >= 0.6 is 0 Å². The van der Waals surface area contributed by atoms with Gasteiger partial charge in [0.2, 0.25) is 11.8 Å². The summed E-state index contributed by atoms with van der Waals surface area (Å²) in [6.45, 7) is 0. The van der Waals surface area contributed by atoms with E-state index >= 15 is 0 Å². The Bertz CT molecular complexity index is 330. The first kappa shape index (κ1) is 7.19. The van der Waals surface area contributed by atoms with E-state index in [0.29, 0.717) is 4.68 Å². The van der Waals surface area contributed by atoms with Gasteiger partial charge in [-0.25, -0.2) is 4.79 Å². The highest BCUT2D eigenvalue weighted by Gasteiger charge is 2.01. The molecule has 0 bridgehead atoms. The molecule has 1 rings (SSSR count). The first-order valence-electron chi connectivity index (χ1n) is 2.70. The maximum atomic E-state index is 10.7. The van der Waals surface area contributed by atoms with Crippen LogP contribution in [-0.4, -0.2) is 20.7 Å². The molecule has 7 heteroatoms. The number of nitrogens with zero attached hydrogens (tertiary/aromatic N) is 2. The molecule has 0 saturated carbocycles. The molecule has 1 heterocycles. The predicted molar refractivity (Wildman–Crippen MR) is 37.9 cm³/mol. The van der Waals surface area contributed by atoms with Crippen LogP contribution in [0.1, 0.15) is 0 Å². The highest BCUT2D eigenvalue weighted by Crippen LogP contribution is 2.00. The molecule has 0 spiro atoms. The number of nitrogens with one attached hydrogen (secondary N) is 1. The van der Waals surface area contributed by atoms with E-state index in [-0.39, 0.29) is 11.8 Å². The zero-order valence-electron chi connectivity index (χ0n) is 5.48. The third-order valence-corrected chi connectivity index (χ3v) is 0.950. The number of nitrogens with two attached hydrogens (primary N) is 2. The van der Waals surface area contributed by atoms with Crippen molar-refractivity contribution >= 4 is 5.96 Å².